The van der Waals surface area contributed by atoms with Crippen molar-refractivity contribution in [1.82, 2.24) is 10.5 Å². The molecule has 3 rings (SSSR count). The Morgan fingerprint density at radius 1 is 1.26 bits per heavy atom. The van der Waals surface area contributed by atoms with E-state index in [2.05, 4.69) is 31.7 Å². The van der Waals surface area contributed by atoms with Crippen molar-refractivity contribution < 1.29 is 14.1 Å². The minimum atomic E-state index is -0.204. The first-order valence-corrected chi connectivity index (χ1v) is 10.8. The normalized spacial score (nSPS) is 15.0. The molecule has 1 unspecified atom stereocenters. The molecule has 6 nitrogen and oxygen atoms in total. The van der Waals surface area contributed by atoms with Gasteiger partial charge in [0, 0.05) is 10.5 Å². The molecule has 1 saturated carbocycles. The van der Waals surface area contributed by atoms with Crippen molar-refractivity contribution in [2.24, 2.45) is 5.92 Å². The summed E-state index contributed by atoms with van der Waals surface area (Å²) in [5.41, 5.74) is 1.13. The van der Waals surface area contributed by atoms with Gasteiger partial charge in [-0.2, -0.15) is 0 Å². The predicted octanol–water partition coefficient (Wildman–Crippen LogP) is 4.07. The van der Waals surface area contributed by atoms with Crippen LogP contribution in [0.2, 0.25) is 0 Å². The van der Waals surface area contributed by atoms with Crippen LogP contribution in [-0.2, 0) is 9.59 Å². The predicted molar refractivity (Wildman–Crippen MR) is 110 cm³/mol. The maximum absolute atomic E-state index is 12.4. The summed E-state index contributed by atoms with van der Waals surface area (Å²) in [6.07, 6.45) is 3.48. The Morgan fingerprint density at radius 2 is 1.96 bits per heavy atom. The number of nitrogens with zero attached hydrogens (tertiary/aromatic N) is 1. The highest BCUT2D eigenvalue weighted by molar-refractivity contribution is 9.10. The van der Waals surface area contributed by atoms with Gasteiger partial charge in [-0.1, -0.05) is 39.6 Å². The largest absolute Gasteiger partial charge is 0.360 e. The summed E-state index contributed by atoms with van der Waals surface area (Å²) in [5.74, 6) is 1.68. The van der Waals surface area contributed by atoms with Gasteiger partial charge in [-0.05, 0) is 43.4 Å². The van der Waals surface area contributed by atoms with E-state index in [9.17, 15) is 9.59 Å². The van der Waals surface area contributed by atoms with Crippen molar-refractivity contribution in [2.45, 2.75) is 32.2 Å². The first-order valence-electron chi connectivity index (χ1n) is 8.87. The fourth-order valence-corrected chi connectivity index (χ4v) is 3.87. The number of amides is 2. The number of benzene rings is 1. The van der Waals surface area contributed by atoms with E-state index in [1.807, 2.05) is 24.3 Å². The molecule has 2 amide bonds. The van der Waals surface area contributed by atoms with Gasteiger partial charge in [0.15, 0.2) is 5.82 Å². The van der Waals surface area contributed by atoms with Crippen LogP contribution < -0.4 is 10.6 Å². The van der Waals surface area contributed by atoms with Crippen LogP contribution in [0.25, 0.3) is 0 Å². The molecule has 1 atom stereocenters. The Labute approximate surface area is 171 Å². The molecule has 0 radical (unpaired) electrons. The fourth-order valence-electron chi connectivity index (χ4n) is 2.97. The van der Waals surface area contributed by atoms with E-state index in [-0.39, 0.29) is 29.4 Å². The number of aryl methyl sites for hydroxylation is 1. The molecule has 144 valence electrons. The number of thioether (sulfide) groups is 1. The summed E-state index contributed by atoms with van der Waals surface area (Å²) in [5, 5.41) is 9.51. The van der Waals surface area contributed by atoms with Gasteiger partial charge >= 0.3 is 0 Å². The highest BCUT2D eigenvalue weighted by Gasteiger charge is 2.29. The quantitative estimate of drug-likeness (QED) is 0.631. The SMILES string of the molecule is Cc1cc(NC(=O)CSCC(=O)NC(c2ccc(Br)cc2)C2CCC2)no1. The van der Waals surface area contributed by atoms with Crippen LogP contribution in [0.5, 0.6) is 0 Å². The molecule has 8 heteroatoms. The molecule has 0 spiro atoms. The second-order valence-corrected chi connectivity index (χ2v) is 8.55. The summed E-state index contributed by atoms with van der Waals surface area (Å²) in [4.78, 5) is 24.3. The van der Waals surface area contributed by atoms with E-state index in [0.717, 1.165) is 22.9 Å². The zero-order chi connectivity index (χ0) is 19.2. The Morgan fingerprint density at radius 3 is 2.56 bits per heavy atom. The summed E-state index contributed by atoms with van der Waals surface area (Å²) in [6, 6.07) is 9.78. The Balaban J connectivity index is 1.46. The van der Waals surface area contributed by atoms with Gasteiger partial charge in [0.2, 0.25) is 11.8 Å². The van der Waals surface area contributed by atoms with E-state index in [4.69, 9.17) is 4.52 Å². The lowest BCUT2D eigenvalue weighted by Gasteiger charge is -2.34. The van der Waals surface area contributed by atoms with Gasteiger partial charge < -0.3 is 15.2 Å². The van der Waals surface area contributed by atoms with E-state index in [0.29, 0.717) is 17.5 Å². The van der Waals surface area contributed by atoms with Crippen LogP contribution in [0.4, 0.5) is 5.82 Å². The molecular weight excluding hydrogens is 430 g/mol. The van der Waals surface area contributed by atoms with E-state index >= 15 is 0 Å². The number of carbonyl (C=O) groups excluding carboxylic acids is 2. The van der Waals surface area contributed by atoms with Crippen LogP contribution in [0.1, 0.15) is 36.6 Å². The molecule has 0 bridgehead atoms. The molecular formula is C19H22BrN3O3S. The van der Waals surface area contributed by atoms with Crippen LogP contribution in [0.3, 0.4) is 0 Å². The van der Waals surface area contributed by atoms with Crippen molar-refractivity contribution in [2.75, 3.05) is 16.8 Å². The summed E-state index contributed by atoms with van der Waals surface area (Å²) in [6.45, 7) is 1.76. The average Bonchev–Trinajstić information content (AvgIpc) is 2.98. The van der Waals surface area contributed by atoms with Gasteiger partial charge in [-0.25, -0.2) is 0 Å². The fraction of sp³-hybridized carbons (Fsp3) is 0.421. The number of aromatic nitrogens is 1. The molecule has 1 heterocycles. The number of rotatable bonds is 8. The number of hydrogen-bond acceptors (Lipinski definition) is 5. The third-order valence-electron chi connectivity index (χ3n) is 4.53. The molecule has 1 fully saturated rings. The number of hydrogen-bond donors (Lipinski definition) is 2. The zero-order valence-electron chi connectivity index (χ0n) is 15.0. The second-order valence-electron chi connectivity index (χ2n) is 6.65. The lowest BCUT2D eigenvalue weighted by Crippen LogP contribution is -2.37. The molecule has 2 N–H and O–H groups in total. The Kier molecular flexibility index (Phi) is 6.95. The summed E-state index contributed by atoms with van der Waals surface area (Å²) in [7, 11) is 0. The minimum Gasteiger partial charge on any atom is -0.360 e. The Hall–Kier alpha value is -1.80. The molecule has 1 aromatic carbocycles. The maximum atomic E-state index is 12.4. The standard InChI is InChI=1S/C19H22BrN3O3S/c1-12-9-16(23-26-12)21-17(24)10-27-11-18(25)22-19(13-3-2-4-13)14-5-7-15(20)8-6-14/h5-9,13,19H,2-4,10-11H2,1H3,(H,22,25)(H,21,23,24). The van der Waals surface area contributed by atoms with Gasteiger partial charge in [0.1, 0.15) is 5.76 Å². The Bertz CT molecular complexity index is 790. The van der Waals surface area contributed by atoms with Crippen molar-refractivity contribution in [1.29, 1.82) is 0 Å². The first kappa shape index (κ1) is 19.9. The van der Waals surface area contributed by atoms with Crippen LogP contribution >= 0.6 is 27.7 Å². The summed E-state index contributed by atoms with van der Waals surface area (Å²) < 4.78 is 5.92. The highest BCUT2D eigenvalue weighted by atomic mass is 79.9. The van der Waals surface area contributed by atoms with Gasteiger partial charge in [-0.3, -0.25) is 9.59 Å². The number of carbonyl (C=O) groups is 2. The van der Waals surface area contributed by atoms with Crippen molar-refractivity contribution in [3.63, 3.8) is 0 Å². The number of nitrogens with one attached hydrogen (secondary N) is 2. The lowest BCUT2D eigenvalue weighted by atomic mass is 9.77. The smallest absolute Gasteiger partial charge is 0.235 e. The van der Waals surface area contributed by atoms with Gasteiger partial charge in [-0.15, -0.1) is 11.8 Å². The average molecular weight is 452 g/mol. The van der Waals surface area contributed by atoms with Gasteiger partial charge in [0.05, 0.1) is 17.5 Å². The lowest BCUT2D eigenvalue weighted by molar-refractivity contribution is -0.119. The van der Waals surface area contributed by atoms with Crippen LogP contribution in [-0.4, -0.2) is 28.5 Å². The monoisotopic (exact) mass is 451 g/mol. The zero-order valence-corrected chi connectivity index (χ0v) is 17.4. The van der Waals surface area contributed by atoms with Crippen molar-refractivity contribution in [3.05, 3.63) is 46.1 Å². The van der Waals surface area contributed by atoms with Crippen LogP contribution in [0.15, 0.2) is 39.3 Å². The topological polar surface area (TPSA) is 84.2 Å². The first-order chi connectivity index (χ1) is 13.0. The number of anilines is 1. The second kappa shape index (κ2) is 9.41. The van der Waals surface area contributed by atoms with Crippen LogP contribution in [0, 0.1) is 12.8 Å². The number of halogens is 1. The molecule has 0 saturated heterocycles. The van der Waals surface area contributed by atoms with E-state index < -0.39 is 0 Å². The molecule has 0 aliphatic heterocycles. The molecule has 1 aromatic heterocycles. The van der Waals surface area contributed by atoms with Gasteiger partial charge in [0.25, 0.3) is 0 Å². The van der Waals surface area contributed by atoms with Crippen molar-refractivity contribution >= 4 is 45.3 Å². The molecule has 1 aliphatic rings. The van der Waals surface area contributed by atoms with E-state index in [1.54, 1.807) is 13.0 Å². The molecule has 1 aliphatic carbocycles. The minimum absolute atomic E-state index is 0.0342. The third kappa shape index (κ3) is 5.84. The third-order valence-corrected chi connectivity index (χ3v) is 5.99. The maximum Gasteiger partial charge on any atom is 0.235 e. The highest BCUT2D eigenvalue weighted by Crippen LogP contribution is 2.38. The van der Waals surface area contributed by atoms with E-state index in [1.165, 1.54) is 18.2 Å². The molecule has 2 aromatic rings. The molecule has 27 heavy (non-hydrogen) atoms. The summed E-state index contributed by atoms with van der Waals surface area (Å²) >= 11 is 4.73. The van der Waals surface area contributed by atoms with Crippen molar-refractivity contribution in [3.8, 4) is 0 Å².